The van der Waals surface area contributed by atoms with E-state index in [9.17, 15) is 4.79 Å². The second-order valence-electron chi connectivity index (χ2n) is 7.02. The second kappa shape index (κ2) is 7.87. The van der Waals surface area contributed by atoms with E-state index < -0.39 is 0 Å². The summed E-state index contributed by atoms with van der Waals surface area (Å²) in [6, 6.07) is 10.3. The molecular weight excluding hydrogens is 326 g/mol. The van der Waals surface area contributed by atoms with Gasteiger partial charge in [-0.05, 0) is 24.5 Å². The molecule has 2 aromatic rings. The summed E-state index contributed by atoms with van der Waals surface area (Å²) in [6.07, 6.45) is 9.30. The quantitative estimate of drug-likeness (QED) is 0.840. The van der Waals surface area contributed by atoms with Gasteiger partial charge in [0.2, 0.25) is 5.91 Å². The van der Waals surface area contributed by atoms with Crippen LogP contribution in [0.25, 0.3) is 6.08 Å². The first-order valence-electron chi connectivity index (χ1n) is 9.49. The Morgan fingerprint density at radius 2 is 2.08 bits per heavy atom. The Labute approximate surface area is 154 Å². The molecule has 1 aromatic carbocycles. The normalized spacial score (nSPS) is 17.5. The SMILES string of the molecule is O=C(C=Cc1ccccc1)NCc1nn(C2CCCC2)c2c1COCC2. The first kappa shape index (κ1) is 17.0. The van der Waals surface area contributed by atoms with E-state index in [2.05, 4.69) is 10.00 Å². The zero-order chi connectivity index (χ0) is 17.8. The van der Waals surface area contributed by atoms with Crippen molar-refractivity contribution in [3.8, 4) is 0 Å². The van der Waals surface area contributed by atoms with Gasteiger partial charge >= 0.3 is 0 Å². The molecule has 0 radical (unpaired) electrons. The number of aromatic nitrogens is 2. The number of amides is 1. The third kappa shape index (κ3) is 3.73. The Morgan fingerprint density at radius 3 is 2.88 bits per heavy atom. The van der Waals surface area contributed by atoms with Crippen LogP contribution in [0.5, 0.6) is 0 Å². The van der Waals surface area contributed by atoms with E-state index in [1.165, 1.54) is 36.9 Å². The summed E-state index contributed by atoms with van der Waals surface area (Å²) in [5, 5.41) is 7.83. The van der Waals surface area contributed by atoms with Gasteiger partial charge in [-0.15, -0.1) is 0 Å². The van der Waals surface area contributed by atoms with Crippen molar-refractivity contribution in [2.45, 2.75) is 51.3 Å². The van der Waals surface area contributed by atoms with E-state index >= 15 is 0 Å². The van der Waals surface area contributed by atoms with Gasteiger partial charge in [0.15, 0.2) is 0 Å². The molecule has 4 rings (SSSR count). The molecule has 2 aliphatic rings. The molecule has 1 aliphatic carbocycles. The monoisotopic (exact) mass is 351 g/mol. The van der Waals surface area contributed by atoms with Gasteiger partial charge in [-0.1, -0.05) is 43.2 Å². The maximum atomic E-state index is 12.2. The Bertz CT molecular complexity index is 789. The van der Waals surface area contributed by atoms with Crippen molar-refractivity contribution in [1.29, 1.82) is 0 Å². The van der Waals surface area contributed by atoms with Crippen LogP contribution in [0.4, 0.5) is 0 Å². The van der Waals surface area contributed by atoms with Crippen molar-refractivity contribution >= 4 is 12.0 Å². The van der Waals surface area contributed by atoms with Crippen LogP contribution in [0.15, 0.2) is 36.4 Å². The molecule has 1 saturated carbocycles. The molecule has 0 spiro atoms. The fourth-order valence-corrected chi connectivity index (χ4v) is 3.89. The Morgan fingerprint density at radius 1 is 1.27 bits per heavy atom. The van der Waals surface area contributed by atoms with Gasteiger partial charge in [0, 0.05) is 23.8 Å². The number of hydrogen-bond acceptors (Lipinski definition) is 3. The van der Waals surface area contributed by atoms with Crippen LogP contribution in [-0.4, -0.2) is 22.3 Å². The van der Waals surface area contributed by atoms with Gasteiger partial charge in [-0.25, -0.2) is 0 Å². The minimum atomic E-state index is -0.102. The molecule has 5 heteroatoms. The molecule has 1 N–H and O–H groups in total. The minimum Gasteiger partial charge on any atom is -0.376 e. The van der Waals surface area contributed by atoms with Crippen molar-refractivity contribution in [3.63, 3.8) is 0 Å². The van der Waals surface area contributed by atoms with E-state index in [-0.39, 0.29) is 5.91 Å². The van der Waals surface area contributed by atoms with Crippen LogP contribution in [0.1, 0.15) is 54.2 Å². The molecule has 0 unspecified atom stereocenters. The largest absolute Gasteiger partial charge is 0.376 e. The predicted octanol–water partition coefficient (Wildman–Crippen LogP) is 3.40. The summed E-state index contributed by atoms with van der Waals surface area (Å²) in [6.45, 7) is 1.81. The first-order valence-corrected chi connectivity index (χ1v) is 9.49. The van der Waals surface area contributed by atoms with Crippen LogP contribution in [0.3, 0.4) is 0 Å². The van der Waals surface area contributed by atoms with Gasteiger partial charge in [0.25, 0.3) is 0 Å². The highest BCUT2D eigenvalue weighted by atomic mass is 16.5. The first-order chi connectivity index (χ1) is 12.8. The van der Waals surface area contributed by atoms with Crippen molar-refractivity contribution < 1.29 is 9.53 Å². The molecule has 136 valence electrons. The Balaban J connectivity index is 1.44. The molecular formula is C21H25N3O2. The Kier molecular flexibility index (Phi) is 5.16. The fraction of sp³-hybridized carbons (Fsp3) is 0.429. The molecule has 5 nitrogen and oxygen atoms in total. The summed E-state index contributed by atoms with van der Waals surface area (Å²) >= 11 is 0. The molecule has 0 saturated heterocycles. The van der Waals surface area contributed by atoms with Crippen molar-refractivity contribution in [1.82, 2.24) is 15.1 Å². The zero-order valence-corrected chi connectivity index (χ0v) is 15.0. The summed E-state index contributed by atoms with van der Waals surface area (Å²) in [5.74, 6) is -0.102. The molecule has 1 aliphatic heterocycles. The summed E-state index contributed by atoms with van der Waals surface area (Å²) < 4.78 is 7.87. The van der Waals surface area contributed by atoms with Crippen molar-refractivity contribution in [2.75, 3.05) is 6.61 Å². The van der Waals surface area contributed by atoms with E-state index in [1.54, 1.807) is 6.08 Å². The third-order valence-corrected chi connectivity index (χ3v) is 5.26. The van der Waals surface area contributed by atoms with Gasteiger partial charge in [0.05, 0.1) is 31.5 Å². The van der Waals surface area contributed by atoms with Gasteiger partial charge < -0.3 is 10.1 Å². The van der Waals surface area contributed by atoms with Crippen LogP contribution in [0.2, 0.25) is 0 Å². The number of carbonyl (C=O) groups is 1. The van der Waals surface area contributed by atoms with Crippen LogP contribution < -0.4 is 5.32 Å². The molecule has 26 heavy (non-hydrogen) atoms. The lowest BCUT2D eigenvalue weighted by Gasteiger charge is -2.18. The second-order valence-corrected chi connectivity index (χ2v) is 7.02. The van der Waals surface area contributed by atoms with E-state index in [0.717, 1.165) is 24.3 Å². The van der Waals surface area contributed by atoms with Crippen molar-refractivity contribution in [3.05, 3.63) is 58.9 Å². The van der Waals surface area contributed by atoms with E-state index in [4.69, 9.17) is 9.84 Å². The number of ether oxygens (including phenoxy) is 1. The van der Waals surface area contributed by atoms with Gasteiger partial charge in [-0.3, -0.25) is 9.48 Å². The number of rotatable bonds is 5. The average molecular weight is 351 g/mol. The molecule has 1 amide bonds. The van der Waals surface area contributed by atoms with E-state index in [1.807, 2.05) is 36.4 Å². The maximum absolute atomic E-state index is 12.2. The number of fused-ring (bicyclic) bond motifs is 1. The van der Waals surface area contributed by atoms with Crippen molar-refractivity contribution in [2.24, 2.45) is 0 Å². The zero-order valence-electron chi connectivity index (χ0n) is 15.0. The highest BCUT2D eigenvalue weighted by Gasteiger charge is 2.26. The number of benzene rings is 1. The third-order valence-electron chi connectivity index (χ3n) is 5.26. The molecule has 2 heterocycles. The predicted molar refractivity (Wildman–Crippen MR) is 100 cm³/mol. The Hall–Kier alpha value is -2.40. The highest BCUT2D eigenvalue weighted by Crippen LogP contribution is 2.33. The molecule has 0 atom stereocenters. The summed E-state index contributed by atoms with van der Waals surface area (Å²) in [5.41, 5.74) is 4.45. The van der Waals surface area contributed by atoms with Crippen LogP contribution >= 0.6 is 0 Å². The molecule has 1 aromatic heterocycles. The molecule has 1 fully saturated rings. The number of nitrogens with one attached hydrogen (secondary N) is 1. The number of nitrogens with zero attached hydrogens (tertiary/aromatic N) is 2. The van der Waals surface area contributed by atoms with Crippen LogP contribution in [-0.2, 0) is 29.1 Å². The smallest absolute Gasteiger partial charge is 0.244 e. The standard InChI is InChI=1S/C21H25N3O2/c25-21(11-10-16-6-2-1-3-7-16)22-14-19-18-15-26-13-12-20(18)24(23-19)17-8-4-5-9-17/h1-3,6-7,10-11,17H,4-5,8-9,12-15H2,(H,22,25). The maximum Gasteiger partial charge on any atom is 0.244 e. The number of hydrogen-bond donors (Lipinski definition) is 1. The average Bonchev–Trinajstić information content (AvgIpc) is 3.33. The fourth-order valence-electron chi connectivity index (χ4n) is 3.89. The summed E-state index contributed by atoms with van der Waals surface area (Å²) in [7, 11) is 0. The summed E-state index contributed by atoms with van der Waals surface area (Å²) in [4.78, 5) is 12.2. The lowest BCUT2D eigenvalue weighted by molar-refractivity contribution is -0.116. The molecule has 0 bridgehead atoms. The lowest BCUT2D eigenvalue weighted by atomic mass is 10.1. The lowest BCUT2D eigenvalue weighted by Crippen LogP contribution is -2.21. The minimum absolute atomic E-state index is 0.102. The van der Waals surface area contributed by atoms with Crippen LogP contribution in [0, 0.1) is 0 Å². The number of carbonyl (C=O) groups excluding carboxylic acids is 1. The van der Waals surface area contributed by atoms with Gasteiger partial charge in [0.1, 0.15) is 0 Å². The topological polar surface area (TPSA) is 56.2 Å². The highest BCUT2D eigenvalue weighted by molar-refractivity contribution is 5.91. The van der Waals surface area contributed by atoms with E-state index in [0.29, 0.717) is 19.2 Å². The van der Waals surface area contributed by atoms with Gasteiger partial charge in [-0.2, -0.15) is 5.10 Å².